The number of para-hydroxylation sites is 1. The molecule has 6 nitrogen and oxygen atoms in total. The molecule has 0 bridgehead atoms. The van der Waals surface area contributed by atoms with Gasteiger partial charge in [0, 0.05) is 35.7 Å². The lowest BCUT2D eigenvalue weighted by Gasteiger charge is -2.30. The number of rotatable bonds is 3. The van der Waals surface area contributed by atoms with Crippen LogP contribution in [0.15, 0.2) is 60.8 Å². The van der Waals surface area contributed by atoms with Crippen LogP contribution in [0.4, 0.5) is 17.2 Å². The molecule has 1 amide bonds. The van der Waals surface area contributed by atoms with Crippen molar-refractivity contribution in [2.75, 3.05) is 30.0 Å². The number of carbonyl (C=O) groups excluding carboxylic acids is 1. The van der Waals surface area contributed by atoms with Crippen LogP contribution in [-0.2, 0) is 6.42 Å². The van der Waals surface area contributed by atoms with Gasteiger partial charge in [0.25, 0.3) is 5.91 Å². The van der Waals surface area contributed by atoms with E-state index in [1.807, 2.05) is 24.3 Å². The molecular weight excluding hydrogens is 366 g/mol. The number of hydrogen-bond acceptors (Lipinski definition) is 5. The molecule has 0 fully saturated rings. The molecule has 0 spiro atoms. The quantitative estimate of drug-likeness (QED) is 0.730. The Bertz CT molecular complexity index is 1070. The number of fused-ring (bicyclic) bond motifs is 2. The maximum absolute atomic E-state index is 12.8. The summed E-state index contributed by atoms with van der Waals surface area (Å²) in [5, 5.41) is 2.94. The van der Waals surface area contributed by atoms with Crippen LogP contribution in [-0.4, -0.2) is 30.6 Å². The van der Waals surface area contributed by atoms with Crippen LogP contribution >= 0.6 is 0 Å². The van der Waals surface area contributed by atoms with E-state index in [4.69, 9.17) is 9.47 Å². The van der Waals surface area contributed by atoms with Crippen LogP contribution in [0.3, 0.4) is 0 Å². The minimum Gasteiger partial charge on any atom is -0.486 e. The maximum atomic E-state index is 12.8. The van der Waals surface area contributed by atoms with Gasteiger partial charge >= 0.3 is 0 Å². The molecule has 0 atom stereocenters. The molecule has 1 N–H and O–H groups in total. The first-order valence-electron chi connectivity index (χ1n) is 9.80. The number of aromatic nitrogens is 1. The number of ether oxygens (including phenoxy) is 2. The van der Waals surface area contributed by atoms with Gasteiger partial charge in [-0.15, -0.1) is 0 Å². The normalized spacial score (nSPS) is 14.8. The van der Waals surface area contributed by atoms with Gasteiger partial charge in [0.2, 0.25) is 0 Å². The topological polar surface area (TPSA) is 63.7 Å². The molecule has 5 rings (SSSR count). The highest BCUT2D eigenvalue weighted by Gasteiger charge is 2.20. The van der Waals surface area contributed by atoms with E-state index < -0.39 is 0 Å². The second kappa shape index (κ2) is 7.47. The smallest absolute Gasteiger partial charge is 0.255 e. The molecule has 3 heterocycles. The molecule has 2 aliphatic rings. The zero-order chi connectivity index (χ0) is 19.6. The highest BCUT2D eigenvalue weighted by atomic mass is 16.6. The van der Waals surface area contributed by atoms with Crippen LogP contribution in [0.5, 0.6) is 11.5 Å². The van der Waals surface area contributed by atoms with Gasteiger partial charge in [0.1, 0.15) is 19.0 Å². The third-order valence-corrected chi connectivity index (χ3v) is 5.19. The second-order valence-corrected chi connectivity index (χ2v) is 7.10. The van der Waals surface area contributed by atoms with Crippen molar-refractivity contribution in [3.63, 3.8) is 0 Å². The fourth-order valence-corrected chi connectivity index (χ4v) is 3.80. The number of aryl methyl sites for hydroxylation is 1. The Labute approximate surface area is 169 Å². The van der Waals surface area contributed by atoms with Crippen molar-refractivity contribution in [1.82, 2.24) is 4.98 Å². The predicted octanol–water partition coefficient (Wildman–Crippen LogP) is 4.19. The van der Waals surface area contributed by atoms with Crippen molar-refractivity contribution >= 4 is 23.1 Å². The number of nitrogens with zero attached hydrogens (tertiary/aromatic N) is 2. The average molecular weight is 387 g/mol. The van der Waals surface area contributed by atoms with Crippen molar-refractivity contribution < 1.29 is 14.3 Å². The molecule has 0 unspecified atom stereocenters. The summed E-state index contributed by atoms with van der Waals surface area (Å²) in [7, 11) is 0. The van der Waals surface area contributed by atoms with Crippen molar-refractivity contribution in [2.45, 2.75) is 12.8 Å². The summed E-state index contributed by atoms with van der Waals surface area (Å²) in [5.41, 5.74) is 3.70. The Kier molecular flexibility index (Phi) is 4.52. The standard InChI is InChI=1S/C23H21N3O3/c27-23(25-18-7-8-20-21(15-18)29-13-12-28-20)17-9-10-24-22(14-17)26-11-3-5-16-4-1-2-6-19(16)26/h1-2,4,6-10,14-15H,3,5,11-13H2,(H,25,27). The number of carbonyl (C=O) groups is 1. The predicted molar refractivity (Wildman–Crippen MR) is 111 cm³/mol. The Morgan fingerprint density at radius 2 is 1.86 bits per heavy atom. The first-order valence-corrected chi connectivity index (χ1v) is 9.80. The van der Waals surface area contributed by atoms with Gasteiger partial charge in [-0.3, -0.25) is 4.79 Å². The maximum Gasteiger partial charge on any atom is 0.255 e. The monoisotopic (exact) mass is 387 g/mol. The zero-order valence-electron chi connectivity index (χ0n) is 15.9. The Morgan fingerprint density at radius 1 is 1.00 bits per heavy atom. The minimum atomic E-state index is -0.185. The van der Waals surface area contributed by atoms with E-state index in [1.54, 1.807) is 18.3 Å². The summed E-state index contributed by atoms with van der Waals surface area (Å²) < 4.78 is 11.1. The van der Waals surface area contributed by atoms with Gasteiger partial charge in [0.15, 0.2) is 11.5 Å². The molecule has 3 aromatic rings. The average Bonchev–Trinajstić information content (AvgIpc) is 2.78. The number of amides is 1. The fraction of sp³-hybridized carbons (Fsp3) is 0.217. The van der Waals surface area contributed by atoms with E-state index in [1.165, 1.54) is 5.56 Å². The van der Waals surface area contributed by atoms with E-state index in [2.05, 4.69) is 33.4 Å². The molecule has 2 aliphatic heterocycles. The summed E-state index contributed by atoms with van der Waals surface area (Å²) in [6.07, 6.45) is 3.81. The Morgan fingerprint density at radius 3 is 2.79 bits per heavy atom. The van der Waals surface area contributed by atoms with E-state index >= 15 is 0 Å². The van der Waals surface area contributed by atoms with Crippen LogP contribution in [0.25, 0.3) is 0 Å². The molecule has 0 aliphatic carbocycles. The van der Waals surface area contributed by atoms with E-state index in [9.17, 15) is 4.79 Å². The lowest BCUT2D eigenvalue weighted by Crippen LogP contribution is -2.25. The summed E-state index contributed by atoms with van der Waals surface area (Å²) in [6.45, 7) is 1.94. The number of pyridine rings is 1. The summed E-state index contributed by atoms with van der Waals surface area (Å²) in [5.74, 6) is 1.95. The Hall–Kier alpha value is -3.54. The second-order valence-electron chi connectivity index (χ2n) is 7.10. The number of benzene rings is 2. The van der Waals surface area contributed by atoms with Gasteiger partial charge in [-0.05, 0) is 48.7 Å². The lowest BCUT2D eigenvalue weighted by molar-refractivity contribution is 0.102. The molecule has 2 aromatic carbocycles. The summed E-state index contributed by atoms with van der Waals surface area (Å²) >= 11 is 0. The Balaban J connectivity index is 1.38. The SMILES string of the molecule is O=C(Nc1ccc2c(c1)OCCO2)c1ccnc(N2CCCc3ccccc32)c1. The number of nitrogens with one attached hydrogen (secondary N) is 1. The highest BCUT2D eigenvalue weighted by molar-refractivity contribution is 6.04. The van der Waals surface area contributed by atoms with Gasteiger partial charge < -0.3 is 19.7 Å². The van der Waals surface area contributed by atoms with Crippen molar-refractivity contribution in [3.8, 4) is 11.5 Å². The molecule has 146 valence electrons. The van der Waals surface area contributed by atoms with Crippen LogP contribution in [0.1, 0.15) is 22.3 Å². The molecule has 6 heteroatoms. The minimum absolute atomic E-state index is 0.185. The van der Waals surface area contributed by atoms with E-state index in [0.717, 1.165) is 30.9 Å². The van der Waals surface area contributed by atoms with Gasteiger partial charge in [-0.2, -0.15) is 0 Å². The van der Waals surface area contributed by atoms with Crippen LogP contribution in [0, 0.1) is 0 Å². The van der Waals surface area contributed by atoms with Gasteiger partial charge in [-0.25, -0.2) is 4.98 Å². The van der Waals surface area contributed by atoms with Crippen molar-refractivity contribution in [3.05, 3.63) is 71.9 Å². The molecular formula is C23H21N3O3. The number of anilines is 3. The van der Waals surface area contributed by atoms with Gasteiger partial charge in [0.05, 0.1) is 0 Å². The molecule has 0 saturated heterocycles. The van der Waals surface area contributed by atoms with Gasteiger partial charge in [-0.1, -0.05) is 18.2 Å². The van der Waals surface area contributed by atoms with Crippen LogP contribution in [0.2, 0.25) is 0 Å². The third kappa shape index (κ3) is 3.49. The molecule has 29 heavy (non-hydrogen) atoms. The van der Waals surface area contributed by atoms with Crippen LogP contribution < -0.4 is 19.7 Å². The first-order chi connectivity index (χ1) is 14.3. The highest BCUT2D eigenvalue weighted by Crippen LogP contribution is 2.34. The van der Waals surface area contributed by atoms with Crippen molar-refractivity contribution in [1.29, 1.82) is 0 Å². The zero-order valence-corrected chi connectivity index (χ0v) is 15.9. The fourth-order valence-electron chi connectivity index (χ4n) is 3.80. The lowest BCUT2D eigenvalue weighted by atomic mass is 10.0. The third-order valence-electron chi connectivity index (χ3n) is 5.19. The largest absolute Gasteiger partial charge is 0.486 e. The number of hydrogen-bond donors (Lipinski definition) is 1. The first kappa shape index (κ1) is 17.6. The summed E-state index contributed by atoms with van der Waals surface area (Å²) in [6, 6.07) is 17.3. The van der Waals surface area contributed by atoms with E-state index in [-0.39, 0.29) is 5.91 Å². The van der Waals surface area contributed by atoms with E-state index in [0.29, 0.717) is 36.0 Å². The molecule has 0 radical (unpaired) electrons. The summed E-state index contributed by atoms with van der Waals surface area (Å²) in [4.78, 5) is 19.5. The molecule has 0 saturated carbocycles. The van der Waals surface area contributed by atoms with Crippen molar-refractivity contribution in [2.24, 2.45) is 0 Å². The molecule has 1 aromatic heterocycles.